The Hall–Kier alpha value is -1.84. The first-order chi connectivity index (χ1) is 9.52. The summed E-state index contributed by atoms with van der Waals surface area (Å²) in [6.45, 7) is 4.45. The van der Waals surface area contributed by atoms with E-state index in [9.17, 15) is 9.18 Å². The molecule has 1 heterocycles. The highest BCUT2D eigenvalue weighted by Gasteiger charge is 2.45. The van der Waals surface area contributed by atoms with Crippen molar-refractivity contribution < 1.29 is 9.18 Å². The lowest BCUT2D eigenvalue weighted by molar-refractivity contribution is -0.124. The highest BCUT2D eigenvalue weighted by atomic mass is 19.1. The smallest absolute Gasteiger partial charge is 0.222 e. The van der Waals surface area contributed by atoms with Gasteiger partial charge in [0.1, 0.15) is 5.82 Å². The SMILES string of the molecule is CC(C)C(=O)NCC1(c2c[nH]c3cc(F)ccc23)CC1. The molecule has 1 aromatic heterocycles. The summed E-state index contributed by atoms with van der Waals surface area (Å²) >= 11 is 0. The zero-order valence-corrected chi connectivity index (χ0v) is 11.8. The monoisotopic (exact) mass is 274 g/mol. The summed E-state index contributed by atoms with van der Waals surface area (Å²) in [7, 11) is 0. The van der Waals surface area contributed by atoms with E-state index in [1.165, 1.54) is 17.7 Å². The van der Waals surface area contributed by atoms with Crippen LogP contribution >= 0.6 is 0 Å². The fraction of sp³-hybridized carbons (Fsp3) is 0.438. The van der Waals surface area contributed by atoms with Crippen LogP contribution in [0.25, 0.3) is 10.9 Å². The number of halogens is 1. The van der Waals surface area contributed by atoms with Gasteiger partial charge in [0.15, 0.2) is 0 Å². The lowest BCUT2D eigenvalue weighted by atomic mass is 9.95. The van der Waals surface area contributed by atoms with E-state index in [1.54, 1.807) is 0 Å². The number of hydrogen-bond acceptors (Lipinski definition) is 1. The van der Waals surface area contributed by atoms with Crippen LogP contribution in [0.15, 0.2) is 24.4 Å². The summed E-state index contributed by atoms with van der Waals surface area (Å²) in [6.07, 6.45) is 4.09. The van der Waals surface area contributed by atoms with E-state index in [0.29, 0.717) is 6.54 Å². The summed E-state index contributed by atoms with van der Waals surface area (Å²) in [5.41, 5.74) is 2.04. The molecule has 0 radical (unpaired) electrons. The minimum Gasteiger partial charge on any atom is -0.361 e. The van der Waals surface area contributed by atoms with Gasteiger partial charge in [0.2, 0.25) is 5.91 Å². The first-order valence-electron chi connectivity index (χ1n) is 7.07. The number of nitrogens with one attached hydrogen (secondary N) is 2. The third kappa shape index (κ3) is 2.19. The van der Waals surface area contributed by atoms with Crippen LogP contribution in [0.1, 0.15) is 32.3 Å². The number of rotatable bonds is 4. The predicted molar refractivity (Wildman–Crippen MR) is 77.0 cm³/mol. The fourth-order valence-electron chi connectivity index (χ4n) is 2.69. The number of fused-ring (bicyclic) bond motifs is 1. The lowest BCUT2D eigenvalue weighted by Crippen LogP contribution is -2.34. The average molecular weight is 274 g/mol. The van der Waals surface area contributed by atoms with Gasteiger partial charge >= 0.3 is 0 Å². The Bertz CT molecular complexity index is 656. The van der Waals surface area contributed by atoms with Gasteiger partial charge in [-0.3, -0.25) is 4.79 Å². The van der Waals surface area contributed by atoms with Gasteiger partial charge in [-0.15, -0.1) is 0 Å². The van der Waals surface area contributed by atoms with Crippen molar-refractivity contribution in [1.82, 2.24) is 10.3 Å². The Morgan fingerprint density at radius 2 is 2.20 bits per heavy atom. The minimum atomic E-state index is -0.233. The molecule has 4 heteroatoms. The van der Waals surface area contributed by atoms with E-state index < -0.39 is 0 Å². The molecule has 1 aliphatic rings. The van der Waals surface area contributed by atoms with Gasteiger partial charge < -0.3 is 10.3 Å². The summed E-state index contributed by atoms with van der Waals surface area (Å²) in [4.78, 5) is 14.9. The Labute approximate surface area is 117 Å². The van der Waals surface area contributed by atoms with Crippen LogP contribution in [0.5, 0.6) is 0 Å². The summed E-state index contributed by atoms with van der Waals surface area (Å²) < 4.78 is 13.2. The molecule has 3 nitrogen and oxygen atoms in total. The molecule has 1 fully saturated rings. The molecule has 0 spiro atoms. The van der Waals surface area contributed by atoms with Crippen LogP contribution in [0.2, 0.25) is 0 Å². The van der Waals surface area contributed by atoms with E-state index in [2.05, 4.69) is 10.3 Å². The number of carbonyl (C=O) groups excluding carboxylic acids is 1. The van der Waals surface area contributed by atoms with Crippen molar-refractivity contribution in [3.8, 4) is 0 Å². The maximum absolute atomic E-state index is 13.2. The van der Waals surface area contributed by atoms with Crippen molar-refractivity contribution in [3.63, 3.8) is 0 Å². The maximum Gasteiger partial charge on any atom is 0.222 e. The van der Waals surface area contributed by atoms with Gasteiger partial charge in [-0.1, -0.05) is 13.8 Å². The van der Waals surface area contributed by atoms with Gasteiger partial charge in [-0.05, 0) is 36.6 Å². The molecule has 0 saturated heterocycles. The zero-order chi connectivity index (χ0) is 14.3. The standard InChI is InChI=1S/C16H19FN2O/c1-10(2)15(20)19-9-16(5-6-16)13-8-18-14-7-11(17)3-4-12(13)14/h3-4,7-8,10,18H,5-6,9H2,1-2H3,(H,19,20). The first-order valence-corrected chi connectivity index (χ1v) is 7.07. The average Bonchev–Trinajstić information content (AvgIpc) is 3.08. The van der Waals surface area contributed by atoms with Crippen molar-refractivity contribution in [3.05, 3.63) is 35.8 Å². The molecule has 0 aliphatic heterocycles. The molecular formula is C16H19FN2O. The number of benzene rings is 1. The number of hydrogen-bond donors (Lipinski definition) is 2. The van der Waals surface area contributed by atoms with Gasteiger partial charge in [0, 0.05) is 35.0 Å². The van der Waals surface area contributed by atoms with Gasteiger partial charge in [0.25, 0.3) is 0 Å². The normalized spacial score (nSPS) is 16.6. The predicted octanol–water partition coefficient (Wildman–Crippen LogP) is 3.11. The number of carbonyl (C=O) groups is 1. The molecule has 1 amide bonds. The summed E-state index contributed by atoms with van der Waals surface area (Å²) in [5.74, 6) is -0.145. The number of aromatic amines is 1. The Kier molecular flexibility index (Phi) is 3.04. The quantitative estimate of drug-likeness (QED) is 0.884. The fourth-order valence-corrected chi connectivity index (χ4v) is 2.69. The second-order valence-electron chi connectivity index (χ2n) is 6.05. The molecule has 0 bridgehead atoms. The van der Waals surface area contributed by atoms with Gasteiger partial charge in [-0.25, -0.2) is 4.39 Å². The number of amides is 1. The molecule has 0 atom stereocenters. The molecular weight excluding hydrogens is 255 g/mol. The Balaban J connectivity index is 1.85. The van der Waals surface area contributed by atoms with Gasteiger partial charge in [-0.2, -0.15) is 0 Å². The topological polar surface area (TPSA) is 44.9 Å². The molecule has 1 aliphatic carbocycles. The number of aromatic nitrogens is 1. The minimum absolute atomic E-state index is 0.00265. The van der Waals surface area contributed by atoms with Crippen LogP contribution in [-0.4, -0.2) is 17.4 Å². The molecule has 1 aromatic carbocycles. The highest BCUT2D eigenvalue weighted by Crippen LogP contribution is 2.50. The lowest BCUT2D eigenvalue weighted by Gasteiger charge is -2.16. The van der Waals surface area contributed by atoms with Crippen LogP contribution in [-0.2, 0) is 10.2 Å². The van der Waals surface area contributed by atoms with E-state index in [1.807, 2.05) is 26.1 Å². The second-order valence-corrected chi connectivity index (χ2v) is 6.05. The van der Waals surface area contributed by atoms with Crippen LogP contribution in [0.3, 0.4) is 0 Å². The highest BCUT2D eigenvalue weighted by molar-refractivity contribution is 5.85. The van der Waals surface area contributed by atoms with Crippen molar-refractivity contribution in [1.29, 1.82) is 0 Å². The summed E-state index contributed by atoms with van der Waals surface area (Å²) in [5, 5.41) is 4.08. The van der Waals surface area contributed by atoms with Crippen LogP contribution in [0, 0.1) is 11.7 Å². The van der Waals surface area contributed by atoms with Crippen molar-refractivity contribution in [2.45, 2.75) is 32.1 Å². The molecule has 2 aromatic rings. The van der Waals surface area contributed by atoms with E-state index >= 15 is 0 Å². The molecule has 0 unspecified atom stereocenters. The Morgan fingerprint density at radius 3 is 2.85 bits per heavy atom. The molecule has 20 heavy (non-hydrogen) atoms. The third-order valence-electron chi connectivity index (χ3n) is 4.19. The molecule has 2 N–H and O–H groups in total. The van der Waals surface area contributed by atoms with E-state index in [0.717, 1.165) is 23.7 Å². The summed E-state index contributed by atoms with van der Waals surface area (Å²) in [6, 6.07) is 4.82. The zero-order valence-electron chi connectivity index (χ0n) is 11.8. The van der Waals surface area contributed by atoms with Gasteiger partial charge in [0.05, 0.1) is 0 Å². The van der Waals surface area contributed by atoms with Crippen LogP contribution < -0.4 is 5.32 Å². The number of H-pyrrole nitrogens is 1. The first kappa shape index (κ1) is 13.2. The van der Waals surface area contributed by atoms with Crippen molar-refractivity contribution in [2.24, 2.45) is 5.92 Å². The molecule has 3 rings (SSSR count). The second kappa shape index (κ2) is 4.62. The van der Waals surface area contributed by atoms with Crippen molar-refractivity contribution >= 4 is 16.8 Å². The Morgan fingerprint density at radius 1 is 1.45 bits per heavy atom. The maximum atomic E-state index is 13.2. The van der Waals surface area contributed by atoms with E-state index in [4.69, 9.17) is 0 Å². The van der Waals surface area contributed by atoms with Crippen molar-refractivity contribution in [2.75, 3.05) is 6.54 Å². The van der Waals surface area contributed by atoms with Crippen LogP contribution in [0.4, 0.5) is 4.39 Å². The third-order valence-corrected chi connectivity index (χ3v) is 4.19. The van der Waals surface area contributed by atoms with E-state index in [-0.39, 0.29) is 23.1 Å². The largest absolute Gasteiger partial charge is 0.361 e. The molecule has 1 saturated carbocycles. The molecule has 106 valence electrons.